The quantitative estimate of drug-likeness (QED) is 0.650. The van der Waals surface area contributed by atoms with Gasteiger partial charge in [0, 0.05) is 37.4 Å². The summed E-state index contributed by atoms with van der Waals surface area (Å²) in [4.78, 5) is 2.60. The third kappa shape index (κ3) is 4.05. The molecule has 0 spiro atoms. The van der Waals surface area contributed by atoms with Gasteiger partial charge in [-0.1, -0.05) is 24.6 Å². The van der Waals surface area contributed by atoms with Crippen molar-refractivity contribution in [1.82, 2.24) is 15.1 Å². The molecule has 0 radical (unpaired) electrons. The fourth-order valence-corrected chi connectivity index (χ4v) is 4.25. The third-order valence-electron chi connectivity index (χ3n) is 5.83. The summed E-state index contributed by atoms with van der Waals surface area (Å²) >= 11 is 0. The first kappa shape index (κ1) is 19.0. The van der Waals surface area contributed by atoms with Gasteiger partial charge in [-0.2, -0.15) is 5.10 Å². The fourth-order valence-electron chi connectivity index (χ4n) is 4.25. The number of methoxy groups -OCH3 is 2. The molecule has 5 heteroatoms. The van der Waals surface area contributed by atoms with E-state index in [4.69, 9.17) is 9.47 Å². The standard InChI is InChI=1S/C23H29N3O2/c1-27-12-10-21-5-3-4-11-26(21)16-20-15-24-25-23(20)19-7-6-18-14-22(28-2)9-8-17(18)13-19/h6-9,13-15,21H,3-5,10-12,16H2,1-2H3,(H,24,25). The van der Waals surface area contributed by atoms with Crippen molar-refractivity contribution in [2.24, 2.45) is 0 Å². The minimum atomic E-state index is 0.598. The van der Waals surface area contributed by atoms with Crippen LogP contribution in [0.5, 0.6) is 5.75 Å². The van der Waals surface area contributed by atoms with Crippen LogP contribution in [0, 0.1) is 0 Å². The Morgan fingerprint density at radius 3 is 2.82 bits per heavy atom. The van der Waals surface area contributed by atoms with Crippen molar-refractivity contribution in [3.05, 3.63) is 48.2 Å². The largest absolute Gasteiger partial charge is 0.497 e. The van der Waals surface area contributed by atoms with Crippen LogP contribution in [-0.2, 0) is 11.3 Å². The highest BCUT2D eigenvalue weighted by molar-refractivity contribution is 5.88. The van der Waals surface area contributed by atoms with Crippen molar-refractivity contribution in [2.75, 3.05) is 27.4 Å². The molecular formula is C23H29N3O2. The number of ether oxygens (including phenoxy) is 2. The van der Waals surface area contributed by atoms with Crippen LogP contribution in [0.15, 0.2) is 42.6 Å². The molecule has 1 unspecified atom stereocenters. The van der Waals surface area contributed by atoms with Crippen LogP contribution in [-0.4, -0.2) is 48.5 Å². The second-order valence-electron chi connectivity index (χ2n) is 7.60. The van der Waals surface area contributed by atoms with Gasteiger partial charge in [0.25, 0.3) is 0 Å². The first-order valence-corrected chi connectivity index (χ1v) is 10.1. The van der Waals surface area contributed by atoms with Crippen molar-refractivity contribution in [3.8, 4) is 17.0 Å². The fraction of sp³-hybridized carbons (Fsp3) is 0.435. The maximum absolute atomic E-state index is 5.34. The lowest BCUT2D eigenvalue weighted by Gasteiger charge is -2.35. The van der Waals surface area contributed by atoms with Crippen LogP contribution >= 0.6 is 0 Å². The van der Waals surface area contributed by atoms with Crippen LogP contribution in [0.3, 0.4) is 0 Å². The van der Waals surface area contributed by atoms with Gasteiger partial charge >= 0.3 is 0 Å². The maximum atomic E-state index is 5.34. The van der Waals surface area contributed by atoms with Gasteiger partial charge in [-0.3, -0.25) is 10.00 Å². The van der Waals surface area contributed by atoms with E-state index in [1.165, 1.54) is 41.2 Å². The first-order valence-electron chi connectivity index (χ1n) is 10.1. The SMILES string of the molecule is COCCC1CCCCN1Cc1cn[nH]c1-c1ccc2cc(OC)ccc2c1. The van der Waals surface area contributed by atoms with Crippen LogP contribution in [0.4, 0.5) is 0 Å². The zero-order valence-corrected chi connectivity index (χ0v) is 16.8. The summed E-state index contributed by atoms with van der Waals surface area (Å²) < 4.78 is 10.7. The number of nitrogens with zero attached hydrogens (tertiary/aromatic N) is 2. The van der Waals surface area contributed by atoms with Crippen LogP contribution in [0.2, 0.25) is 0 Å². The number of H-pyrrole nitrogens is 1. The van der Waals surface area contributed by atoms with E-state index >= 15 is 0 Å². The molecule has 1 N–H and O–H groups in total. The summed E-state index contributed by atoms with van der Waals surface area (Å²) in [7, 11) is 3.49. The molecule has 1 saturated heterocycles. The van der Waals surface area contributed by atoms with Crippen LogP contribution < -0.4 is 4.74 Å². The number of piperidine rings is 1. The lowest BCUT2D eigenvalue weighted by Crippen LogP contribution is -2.39. The molecule has 0 amide bonds. The second kappa shape index (κ2) is 8.76. The Hall–Kier alpha value is -2.37. The van der Waals surface area contributed by atoms with E-state index in [1.807, 2.05) is 12.3 Å². The zero-order valence-electron chi connectivity index (χ0n) is 16.8. The molecule has 28 heavy (non-hydrogen) atoms. The van der Waals surface area contributed by atoms with E-state index in [0.29, 0.717) is 6.04 Å². The van der Waals surface area contributed by atoms with Gasteiger partial charge in [0.2, 0.25) is 0 Å². The number of rotatable bonds is 7. The molecule has 0 aliphatic carbocycles. The van der Waals surface area contributed by atoms with Gasteiger partial charge in [-0.15, -0.1) is 0 Å². The monoisotopic (exact) mass is 379 g/mol. The minimum Gasteiger partial charge on any atom is -0.497 e. The topological polar surface area (TPSA) is 50.4 Å². The predicted molar refractivity (Wildman–Crippen MR) is 113 cm³/mol. The summed E-state index contributed by atoms with van der Waals surface area (Å²) in [6.45, 7) is 2.91. The zero-order chi connectivity index (χ0) is 19.3. The van der Waals surface area contributed by atoms with Gasteiger partial charge in [0.1, 0.15) is 5.75 Å². The maximum Gasteiger partial charge on any atom is 0.119 e. The first-order chi connectivity index (χ1) is 13.8. The summed E-state index contributed by atoms with van der Waals surface area (Å²) in [5, 5.41) is 9.98. The normalized spacial score (nSPS) is 17.9. The van der Waals surface area contributed by atoms with E-state index in [0.717, 1.165) is 37.6 Å². The van der Waals surface area contributed by atoms with Crippen LogP contribution in [0.1, 0.15) is 31.2 Å². The van der Waals surface area contributed by atoms with Gasteiger partial charge in [0.15, 0.2) is 0 Å². The average Bonchev–Trinajstić information content (AvgIpc) is 3.20. The van der Waals surface area contributed by atoms with E-state index in [2.05, 4.69) is 45.4 Å². The summed E-state index contributed by atoms with van der Waals surface area (Å²) in [5.74, 6) is 0.884. The highest BCUT2D eigenvalue weighted by atomic mass is 16.5. The van der Waals surface area contributed by atoms with Crippen molar-refractivity contribution >= 4 is 10.8 Å². The van der Waals surface area contributed by atoms with Gasteiger partial charge in [-0.05, 0) is 54.8 Å². The Labute approximate surface area is 166 Å². The van der Waals surface area contributed by atoms with Gasteiger partial charge in [-0.25, -0.2) is 0 Å². The van der Waals surface area contributed by atoms with E-state index in [-0.39, 0.29) is 0 Å². The van der Waals surface area contributed by atoms with E-state index < -0.39 is 0 Å². The highest BCUT2D eigenvalue weighted by Crippen LogP contribution is 2.30. The smallest absolute Gasteiger partial charge is 0.119 e. The number of hydrogen-bond acceptors (Lipinski definition) is 4. The second-order valence-corrected chi connectivity index (χ2v) is 7.60. The molecule has 2 heterocycles. The number of aromatic amines is 1. The third-order valence-corrected chi connectivity index (χ3v) is 5.83. The molecule has 0 bridgehead atoms. The molecule has 1 aliphatic heterocycles. The molecule has 4 rings (SSSR count). The molecule has 1 aromatic heterocycles. The number of fused-ring (bicyclic) bond motifs is 1. The number of nitrogens with one attached hydrogen (secondary N) is 1. The van der Waals surface area contributed by atoms with Crippen molar-refractivity contribution < 1.29 is 9.47 Å². The number of aromatic nitrogens is 2. The van der Waals surface area contributed by atoms with Crippen molar-refractivity contribution in [1.29, 1.82) is 0 Å². The van der Waals surface area contributed by atoms with Crippen molar-refractivity contribution in [2.45, 2.75) is 38.3 Å². The Balaban J connectivity index is 1.57. The summed E-state index contributed by atoms with van der Waals surface area (Å²) in [6, 6.07) is 13.3. The molecular weight excluding hydrogens is 350 g/mol. The molecule has 0 saturated carbocycles. The highest BCUT2D eigenvalue weighted by Gasteiger charge is 2.23. The number of hydrogen-bond donors (Lipinski definition) is 1. The molecule has 1 atom stereocenters. The number of likely N-dealkylation sites (tertiary alicyclic amines) is 1. The van der Waals surface area contributed by atoms with Gasteiger partial charge in [0.05, 0.1) is 19.0 Å². The van der Waals surface area contributed by atoms with Gasteiger partial charge < -0.3 is 9.47 Å². The lowest BCUT2D eigenvalue weighted by atomic mass is 9.98. The number of benzene rings is 2. The Morgan fingerprint density at radius 2 is 1.96 bits per heavy atom. The molecule has 148 valence electrons. The Bertz CT molecular complexity index is 921. The molecule has 3 aromatic rings. The lowest BCUT2D eigenvalue weighted by molar-refractivity contribution is 0.0975. The summed E-state index contributed by atoms with van der Waals surface area (Å²) in [6.07, 6.45) is 6.93. The molecule has 5 nitrogen and oxygen atoms in total. The minimum absolute atomic E-state index is 0.598. The van der Waals surface area contributed by atoms with E-state index in [1.54, 1.807) is 14.2 Å². The Morgan fingerprint density at radius 1 is 1.11 bits per heavy atom. The average molecular weight is 380 g/mol. The molecule has 1 aliphatic rings. The molecule has 1 fully saturated rings. The van der Waals surface area contributed by atoms with Crippen molar-refractivity contribution in [3.63, 3.8) is 0 Å². The van der Waals surface area contributed by atoms with Crippen LogP contribution in [0.25, 0.3) is 22.0 Å². The Kier molecular flexibility index (Phi) is 5.93. The summed E-state index contributed by atoms with van der Waals surface area (Å²) in [5.41, 5.74) is 3.56. The molecule has 2 aromatic carbocycles. The predicted octanol–water partition coefficient (Wildman–Crippen LogP) is 4.63. The van der Waals surface area contributed by atoms with E-state index in [9.17, 15) is 0 Å².